The van der Waals surface area contributed by atoms with Crippen molar-refractivity contribution in [3.05, 3.63) is 48.0 Å². The highest BCUT2D eigenvalue weighted by atomic mass is 16.5. The molecule has 0 amide bonds. The minimum Gasteiger partial charge on any atom is -0.495 e. The van der Waals surface area contributed by atoms with Crippen molar-refractivity contribution in [3.8, 4) is 16.9 Å². The molecule has 2 rings (SSSR count). The van der Waals surface area contributed by atoms with Crippen molar-refractivity contribution >= 4 is 5.69 Å². The van der Waals surface area contributed by atoms with E-state index in [-0.39, 0.29) is 0 Å². The van der Waals surface area contributed by atoms with Crippen molar-refractivity contribution in [1.29, 1.82) is 0 Å². The van der Waals surface area contributed by atoms with Crippen LogP contribution in [0.3, 0.4) is 0 Å². The van der Waals surface area contributed by atoms with Gasteiger partial charge >= 0.3 is 0 Å². The molecule has 2 nitrogen and oxygen atoms in total. The summed E-state index contributed by atoms with van der Waals surface area (Å²) in [6.07, 6.45) is 2.31. The third kappa shape index (κ3) is 2.65. The summed E-state index contributed by atoms with van der Waals surface area (Å²) in [6, 6.07) is 14.5. The van der Waals surface area contributed by atoms with Crippen LogP contribution in [0.1, 0.15) is 18.9 Å². The Balaban J connectivity index is 2.28. The Bertz CT molecular complexity index is 517. The van der Waals surface area contributed by atoms with Gasteiger partial charge in [0.05, 0.1) is 12.8 Å². The van der Waals surface area contributed by atoms with Gasteiger partial charge in [-0.1, -0.05) is 43.7 Å². The van der Waals surface area contributed by atoms with Crippen LogP contribution in [0, 0.1) is 0 Å². The van der Waals surface area contributed by atoms with E-state index in [2.05, 4.69) is 31.2 Å². The van der Waals surface area contributed by atoms with Gasteiger partial charge in [0.1, 0.15) is 5.75 Å². The van der Waals surface area contributed by atoms with E-state index in [1.165, 1.54) is 17.5 Å². The topological polar surface area (TPSA) is 35.2 Å². The van der Waals surface area contributed by atoms with E-state index in [0.29, 0.717) is 5.69 Å². The summed E-state index contributed by atoms with van der Waals surface area (Å²) < 4.78 is 5.16. The molecule has 0 aliphatic carbocycles. The van der Waals surface area contributed by atoms with E-state index in [0.717, 1.165) is 17.7 Å². The zero-order valence-electron chi connectivity index (χ0n) is 10.9. The van der Waals surface area contributed by atoms with Crippen LogP contribution in [0.25, 0.3) is 11.1 Å². The van der Waals surface area contributed by atoms with Gasteiger partial charge in [-0.25, -0.2) is 0 Å². The molecule has 2 aromatic carbocycles. The Morgan fingerprint density at radius 1 is 1.00 bits per heavy atom. The first kappa shape index (κ1) is 12.5. The first-order valence-electron chi connectivity index (χ1n) is 6.27. The lowest BCUT2D eigenvalue weighted by atomic mass is 10.0. The Labute approximate surface area is 108 Å². The van der Waals surface area contributed by atoms with Crippen LogP contribution in [0.2, 0.25) is 0 Å². The molecule has 0 unspecified atom stereocenters. The van der Waals surface area contributed by atoms with Crippen LogP contribution < -0.4 is 10.5 Å². The van der Waals surface area contributed by atoms with Crippen molar-refractivity contribution in [2.24, 2.45) is 0 Å². The minimum absolute atomic E-state index is 0.674. The smallest absolute Gasteiger partial charge is 0.141 e. The number of hydrogen-bond donors (Lipinski definition) is 1. The zero-order chi connectivity index (χ0) is 13.0. The minimum atomic E-state index is 0.674. The molecule has 0 aliphatic rings. The Hall–Kier alpha value is -1.96. The van der Waals surface area contributed by atoms with E-state index in [4.69, 9.17) is 10.5 Å². The van der Waals surface area contributed by atoms with Gasteiger partial charge in [-0.3, -0.25) is 0 Å². The lowest BCUT2D eigenvalue weighted by Gasteiger charge is -2.08. The van der Waals surface area contributed by atoms with Gasteiger partial charge in [0.25, 0.3) is 0 Å². The van der Waals surface area contributed by atoms with Crippen LogP contribution in [0.5, 0.6) is 5.75 Å². The van der Waals surface area contributed by atoms with Gasteiger partial charge in [0, 0.05) is 0 Å². The maximum Gasteiger partial charge on any atom is 0.141 e. The van der Waals surface area contributed by atoms with Gasteiger partial charge in [-0.2, -0.15) is 0 Å². The summed E-state index contributed by atoms with van der Waals surface area (Å²) in [7, 11) is 1.63. The zero-order valence-corrected chi connectivity index (χ0v) is 10.9. The third-order valence-electron chi connectivity index (χ3n) is 3.06. The summed E-state index contributed by atoms with van der Waals surface area (Å²) in [4.78, 5) is 0. The fourth-order valence-corrected chi connectivity index (χ4v) is 2.07. The lowest BCUT2D eigenvalue weighted by molar-refractivity contribution is 0.417. The molecular weight excluding hydrogens is 222 g/mol. The van der Waals surface area contributed by atoms with Crippen molar-refractivity contribution in [2.75, 3.05) is 12.8 Å². The molecule has 2 aromatic rings. The first-order chi connectivity index (χ1) is 8.74. The molecule has 0 aromatic heterocycles. The van der Waals surface area contributed by atoms with Crippen molar-refractivity contribution in [2.45, 2.75) is 19.8 Å². The highest BCUT2D eigenvalue weighted by Gasteiger charge is 2.03. The highest BCUT2D eigenvalue weighted by molar-refractivity contribution is 5.70. The van der Waals surface area contributed by atoms with E-state index < -0.39 is 0 Å². The van der Waals surface area contributed by atoms with Crippen LogP contribution in [0.4, 0.5) is 5.69 Å². The van der Waals surface area contributed by atoms with Gasteiger partial charge in [0.2, 0.25) is 0 Å². The summed E-state index contributed by atoms with van der Waals surface area (Å²) in [6.45, 7) is 2.19. The number of nitrogens with two attached hydrogens (primary N) is 1. The van der Waals surface area contributed by atoms with Gasteiger partial charge < -0.3 is 10.5 Å². The van der Waals surface area contributed by atoms with Gasteiger partial charge in [-0.05, 0) is 35.2 Å². The van der Waals surface area contributed by atoms with Crippen molar-refractivity contribution < 1.29 is 4.74 Å². The Morgan fingerprint density at radius 2 is 1.67 bits per heavy atom. The quantitative estimate of drug-likeness (QED) is 0.824. The number of ether oxygens (including phenoxy) is 1. The highest BCUT2D eigenvalue weighted by Crippen LogP contribution is 2.28. The first-order valence-corrected chi connectivity index (χ1v) is 6.27. The summed E-state index contributed by atoms with van der Waals surface area (Å²) in [5.41, 5.74) is 10.3. The van der Waals surface area contributed by atoms with Crippen LogP contribution >= 0.6 is 0 Å². The fourth-order valence-electron chi connectivity index (χ4n) is 2.07. The predicted octanol–water partition coefficient (Wildman–Crippen LogP) is 3.90. The summed E-state index contributed by atoms with van der Waals surface area (Å²) in [5.74, 6) is 0.723. The number of hydrogen-bond acceptors (Lipinski definition) is 2. The summed E-state index contributed by atoms with van der Waals surface area (Å²) >= 11 is 0. The van der Waals surface area contributed by atoms with Crippen molar-refractivity contribution in [3.63, 3.8) is 0 Å². The van der Waals surface area contributed by atoms with Crippen LogP contribution in [-0.2, 0) is 6.42 Å². The van der Waals surface area contributed by atoms with E-state index >= 15 is 0 Å². The summed E-state index contributed by atoms with van der Waals surface area (Å²) in [5, 5.41) is 0. The second-order valence-electron chi connectivity index (χ2n) is 4.40. The van der Waals surface area contributed by atoms with Crippen LogP contribution in [0.15, 0.2) is 42.5 Å². The van der Waals surface area contributed by atoms with Crippen molar-refractivity contribution in [1.82, 2.24) is 0 Å². The number of methoxy groups -OCH3 is 1. The van der Waals surface area contributed by atoms with E-state index in [1.807, 2.05) is 18.2 Å². The molecule has 94 valence electrons. The SMILES string of the molecule is CCCc1ccc(-c2ccc(OC)c(N)c2)cc1. The predicted molar refractivity (Wildman–Crippen MR) is 76.8 cm³/mol. The molecule has 0 atom stereocenters. The molecular formula is C16H19NO. The maximum absolute atomic E-state index is 5.92. The van der Waals surface area contributed by atoms with E-state index in [1.54, 1.807) is 7.11 Å². The number of rotatable bonds is 4. The Morgan fingerprint density at radius 3 is 2.22 bits per heavy atom. The second kappa shape index (κ2) is 5.58. The number of nitrogen functional groups attached to an aromatic ring is 1. The average Bonchev–Trinajstić information content (AvgIpc) is 2.40. The normalized spacial score (nSPS) is 10.3. The molecule has 0 heterocycles. The second-order valence-corrected chi connectivity index (χ2v) is 4.40. The molecule has 0 radical (unpaired) electrons. The Kier molecular flexibility index (Phi) is 3.88. The standard InChI is InChI=1S/C16H19NO/c1-3-4-12-5-7-13(8-6-12)14-9-10-16(18-2)15(17)11-14/h5-11H,3-4,17H2,1-2H3. The fraction of sp³-hybridized carbons (Fsp3) is 0.250. The van der Waals surface area contributed by atoms with E-state index in [9.17, 15) is 0 Å². The molecule has 0 aliphatic heterocycles. The molecule has 2 heteroatoms. The third-order valence-corrected chi connectivity index (χ3v) is 3.06. The average molecular weight is 241 g/mol. The maximum atomic E-state index is 5.92. The largest absolute Gasteiger partial charge is 0.495 e. The molecule has 0 bridgehead atoms. The van der Waals surface area contributed by atoms with Crippen LogP contribution in [-0.4, -0.2) is 7.11 Å². The number of benzene rings is 2. The molecule has 0 saturated carbocycles. The molecule has 0 spiro atoms. The van der Waals surface area contributed by atoms with Gasteiger partial charge in [-0.15, -0.1) is 0 Å². The molecule has 0 fully saturated rings. The number of anilines is 1. The molecule has 0 saturated heterocycles. The lowest BCUT2D eigenvalue weighted by Crippen LogP contribution is -1.92. The van der Waals surface area contributed by atoms with Gasteiger partial charge in [0.15, 0.2) is 0 Å². The monoisotopic (exact) mass is 241 g/mol. The molecule has 2 N–H and O–H groups in total. The number of aryl methyl sites for hydroxylation is 1. The molecule has 18 heavy (non-hydrogen) atoms.